The average Bonchev–Trinajstić information content (AvgIpc) is 2.78. The lowest BCUT2D eigenvalue weighted by Gasteiger charge is -2.04. The van der Waals surface area contributed by atoms with Gasteiger partial charge >= 0.3 is 0 Å². The number of halogens is 2. The normalized spacial score (nSPS) is 11.0. The van der Waals surface area contributed by atoms with E-state index in [2.05, 4.69) is 9.97 Å². The van der Waals surface area contributed by atoms with Crippen LogP contribution in [0.3, 0.4) is 0 Å². The van der Waals surface area contributed by atoms with E-state index in [1.807, 2.05) is 0 Å². The number of nitrogens with zero attached hydrogens (tertiary/aromatic N) is 4. The number of hydrogen-bond acceptors (Lipinski definition) is 4. The van der Waals surface area contributed by atoms with Crippen LogP contribution in [-0.2, 0) is 7.05 Å². The van der Waals surface area contributed by atoms with Crippen LogP contribution >= 0.6 is 11.6 Å². The van der Waals surface area contributed by atoms with Crippen LogP contribution in [0.4, 0.5) is 10.1 Å². The zero-order valence-electron chi connectivity index (χ0n) is 10.7. The van der Waals surface area contributed by atoms with E-state index in [4.69, 9.17) is 11.6 Å². The van der Waals surface area contributed by atoms with Crippen molar-refractivity contribution in [3.8, 4) is 11.4 Å². The number of nitro benzene ring substituents is 1. The summed E-state index contributed by atoms with van der Waals surface area (Å²) < 4.78 is 15.5. The molecule has 0 saturated heterocycles. The van der Waals surface area contributed by atoms with Gasteiger partial charge in [-0.15, -0.1) is 0 Å². The largest absolute Gasteiger partial charge is 0.342 e. The minimum absolute atomic E-state index is 0.0311. The molecule has 0 radical (unpaired) electrons. The molecule has 8 heteroatoms. The minimum atomic E-state index is -0.611. The molecule has 0 unspecified atom stereocenters. The third kappa shape index (κ3) is 2.21. The van der Waals surface area contributed by atoms with Crippen LogP contribution in [0.15, 0.2) is 30.5 Å². The van der Waals surface area contributed by atoms with E-state index in [0.29, 0.717) is 11.2 Å². The summed E-state index contributed by atoms with van der Waals surface area (Å²) in [5, 5.41) is 11.5. The van der Waals surface area contributed by atoms with Crippen LogP contribution in [0, 0.1) is 15.9 Å². The van der Waals surface area contributed by atoms with E-state index in [0.717, 1.165) is 11.6 Å². The predicted molar refractivity (Wildman–Crippen MR) is 75.6 cm³/mol. The van der Waals surface area contributed by atoms with Gasteiger partial charge in [-0.3, -0.25) is 10.1 Å². The molecular weight excluding hydrogens is 299 g/mol. The van der Waals surface area contributed by atoms with E-state index in [-0.39, 0.29) is 16.7 Å². The van der Waals surface area contributed by atoms with Crippen LogP contribution in [0.25, 0.3) is 22.3 Å². The van der Waals surface area contributed by atoms with E-state index < -0.39 is 10.7 Å². The Morgan fingerprint density at radius 2 is 2.14 bits per heavy atom. The Kier molecular flexibility index (Phi) is 3.06. The summed E-state index contributed by atoms with van der Waals surface area (Å²) >= 11 is 5.70. The smallest absolute Gasteiger partial charge is 0.271 e. The zero-order chi connectivity index (χ0) is 15.1. The van der Waals surface area contributed by atoms with Gasteiger partial charge in [-0.05, 0) is 23.7 Å². The number of hydrogen-bond donors (Lipinski definition) is 0. The number of non-ortho nitro benzene ring substituents is 1. The van der Waals surface area contributed by atoms with Crippen molar-refractivity contribution in [2.75, 3.05) is 0 Å². The number of aromatic nitrogens is 3. The van der Waals surface area contributed by atoms with E-state index in [1.54, 1.807) is 23.7 Å². The van der Waals surface area contributed by atoms with Gasteiger partial charge in [-0.1, -0.05) is 0 Å². The van der Waals surface area contributed by atoms with Crippen LogP contribution in [0.5, 0.6) is 0 Å². The number of rotatable bonds is 2. The summed E-state index contributed by atoms with van der Waals surface area (Å²) in [6, 6.07) is 6.13. The number of aryl methyl sites for hydroxylation is 1. The second-order valence-corrected chi connectivity index (χ2v) is 4.76. The third-order valence-electron chi connectivity index (χ3n) is 3.20. The summed E-state index contributed by atoms with van der Waals surface area (Å²) in [7, 11) is 1.68. The lowest BCUT2D eigenvalue weighted by molar-refractivity contribution is -0.384. The fraction of sp³-hybridized carbons (Fsp3) is 0.0769. The zero-order valence-corrected chi connectivity index (χ0v) is 11.5. The second-order valence-electron chi connectivity index (χ2n) is 4.42. The average molecular weight is 307 g/mol. The fourth-order valence-corrected chi connectivity index (χ4v) is 2.32. The van der Waals surface area contributed by atoms with Gasteiger partial charge in [0.15, 0.2) is 5.82 Å². The maximum absolute atomic E-state index is 13.9. The standard InChI is InChI=1S/C13H8ClFN4O2/c1-18-10-5-8(19(20)21)3-2-7(10)4-11(18)12-9(15)6-16-13(14)17-12/h2-6H,1H3. The van der Waals surface area contributed by atoms with Gasteiger partial charge in [0.05, 0.1) is 22.3 Å². The molecule has 0 fully saturated rings. The van der Waals surface area contributed by atoms with Gasteiger partial charge in [0, 0.05) is 24.6 Å². The lowest BCUT2D eigenvalue weighted by atomic mass is 10.2. The first-order chi connectivity index (χ1) is 9.97. The molecule has 1 aromatic carbocycles. The quantitative estimate of drug-likeness (QED) is 0.413. The van der Waals surface area contributed by atoms with E-state index in [1.165, 1.54) is 12.1 Å². The molecule has 0 saturated carbocycles. The molecule has 2 heterocycles. The van der Waals surface area contributed by atoms with E-state index >= 15 is 0 Å². The van der Waals surface area contributed by atoms with Gasteiger partial charge in [-0.2, -0.15) is 0 Å². The van der Waals surface area contributed by atoms with E-state index in [9.17, 15) is 14.5 Å². The molecule has 3 rings (SSSR count). The molecule has 0 bridgehead atoms. The van der Waals surface area contributed by atoms with Crippen molar-refractivity contribution in [3.63, 3.8) is 0 Å². The third-order valence-corrected chi connectivity index (χ3v) is 3.38. The highest BCUT2D eigenvalue weighted by Crippen LogP contribution is 2.30. The van der Waals surface area contributed by atoms with Crippen LogP contribution in [0.1, 0.15) is 0 Å². The van der Waals surface area contributed by atoms with Gasteiger partial charge in [0.25, 0.3) is 5.69 Å². The van der Waals surface area contributed by atoms with Crippen molar-refractivity contribution in [1.29, 1.82) is 0 Å². The molecule has 0 aliphatic carbocycles. The maximum Gasteiger partial charge on any atom is 0.271 e. The first-order valence-corrected chi connectivity index (χ1v) is 6.27. The molecule has 2 aromatic heterocycles. The monoisotopic (exact) mass is 306 g/mol. The van der Waals surface area contributed by atoms with Crippen LogP contribution in [0.2, 0.25) is 5.28 Å². The minimum Gasteiger partial charge on any atom is -0.342 e. The van der Waals surface area contributed by atoms with Gasteiger partial charge < -0.3 is 4.57 Å². The van der Waals surface area contributed by atoms with Crippen molar-refractivity contribution in [2.24, 2.45) is 7.05 Å². The van der Waals surface area contributed by atoms with Crippen molar-refractivity contribution < 1.29 is 9.31 Å². The summed E-state index contributed by atoms with van der Waals surface area (Å²) in [5.41, 5.74) is 1.09. The number of nitro groups is 1. The first kappa shape index (κ1) is 13.4. The molecule has 0 aliphatic rings. The summed E-state index contributed by atoms with van der Waals surface area (Å²) in [6.07, 6.45) is 0.991. The molecule has 0 spiro atoms. The van der Waals surface area contributed by atoms with Gasteiger partial charge in [-0.25, -0.2) is 14.4 Å². The van der Waals surface area contributed by atoms with Crippen molar-refractivity contribution in [1.82, 2.24) is 14.5 Å². The predicted octanol–water partition coefficient (Wildman–Crippen LogP) is 3.34. The summed E-state index contributed by atoms with van der Waals surface area (Å²) in [6.45, 7) is 0. The Morgan fingerprint density at radius 1 is 1.38 bits per heavy atom. The summed E-state index contributed by atoms with van der Waals surface area (Å²) in [5.74, 6) is -0.611. The Morgan fingerprint density at radius 3 is 2.86 bits per heavy atom. The van der Waals surface area contributed by atoms with Gasteiger partial charge in [0.1, 0.15) is 5.69 Å². The molecule has 3 aromatic rings. The fourth-order valence-electron chi connectivity index (χ4n) is 2.18. The van der Waals surface area contributed by atoms with Crippen LogP contribution in [-0.4, -0.2) is 19.5 Å². The Balaban J connectivity index is 2.27. The van der Waals surface area contributed by atoms with Crippen molar-refractivity contribution >= 4 is 28.2 Å². The second kappa shape index (κ2) is 4.78. The Labute approximate surface area is 123 Å². The number of benzene rings is 1. The van der Waals surface area contributed by atoms with Crippen LogP contribution < -0.4 is 0 Å². The number of fused-ring (bicyclic) bond motifs is 1. The highest BCUT2D eigenvalue weighted by molar-refractivity contribution is 6.28. The SMILES string of the molecule is Cn1c(-c2nc(Cl)ncc2F)cc2ccc([N+](=O)[O-])cc21. The van der Waals surface area contributed by atoms with Crippen molar-refractivity contribution in [2.45, 2.75) is 0 Å². The Bertz CT molecular complexity index is 878. The van der Waals surface area contributed by atoms with Gasteiger partial charge in [0.2, 0.25) is 5.28 Å². The maximum atomic E-state index is 13.9. The molecular formula is C13H8ClFN4O2. The molecule has 106 valence electrons. The van der Waals surface area contributed by atoms with Crippen molar-refractivity contribution in [3.05, 3.63) is 51.7 Å². The topological polar surface area (TPSA) is 73.8 Å². The molecule has 6 nitrogen and oxygen atoms in total. The molecule has 21 heavy (non-hydrogen) atoms. The molecule has 0 amide bonds. The highest BCUT2D eigenvalue weighted by atomic mass is 35.5. The molecule has 0 aliphatic heterocycles. The lowest BCUT2D eigenvalue weighted by Crippen LogP contribution is -1.98. The Hall–Kier alpha value is -2.54. The first-order valence-electron chi connectivity index (χ1n) is 5.89. The molecule has 0 N–H and O–H groups in total. The summed E-state index contributed by atoms with van der Waals surface area (Å²) in [4.78, 5) is 17.8. The molecule has 0 atom stereocenters. The highest BCUT2D eigenvalue weighted by Gasteiger charge is 2.16.